The van der Waals surface area contributed by atoms with Crippen molar-refractivity contribution in [2.45, 2.75) is 26.2 Å². The fourth-order valence-electron chi connectivity index (χ4n) is 2.08. The minimum atomic E-state index is -0.125. The molecule has 3 nitrogen and oxygen atoms in total. The molecule has 17 heavy (non-hydrogen) atoms. The number of pyridine rings is 1. The minimum absolute atomic E-state index is 0.125. The van der Waals surface area contributed by atoms with Crippen molar-refractivity contribution >= 4 is 10.9 Å². The van der Waals surface area contributed by atoms with E-state index in [1.807, 2.05) is 18.2 Å². The van der Waals surface area contributed by atoms with E-state index in [4.69, 9.17) is 4.74 Å². The van der Waals surface area contributed by atoms with Crippen LogP contribution in [0, 0.1) is 0 Å². The predicted octanol–water partition coefficient (Wildman–Crippen LogP) is 3.25. The van der Waals surface area contributed by atoms with Crippen molar-refractivity contribution in [2.24, 2.45) is 0 Å². The highest BCUT2D eigenvalue weighted by molar-refractivity contribution is 5.86. The van der Waals surface area contributed by atoms with Crippen LogP contribution in [0.25, 0.3) is 10.9 Å². The monoisotopic (exact) mass is 231 g/mol. The van der Waals surface area contributed by atoms with Crippen molar-refractivity contribution in [1.29, 1.82) is 0 Å². The van der Waals surface area contributed by atoms with Gasteiger partial charge in [-0.05, 0) is 17.5 Å². The van der Waals surface area contributed by atoms with Gasteiger partial charge in [-0.15, -0.1) is 0 Å². The summed E-state index contributed by atoms with van der Waals surface area (Å²) in [5.74, 6) is 1.02. The summed E-state index contributed by atoms with van der Waals surface area (Å²) in [6, 6.07) is 5.71. The fourth-order valence-corrected chi connectivity index (χ4v) is 2.08. The third kappa shape index (κ3) is 2.05. The molecular formula is C14H17NO2. The van der Waals surface area contributed by atoms with Gasteiger partial charge >= 0.3 is 0 Å². The Kier molecular flexibility index (Phi) is 2.69. The molecule has 1 heterocycles. The Labute approximate surface area is 101 Å². The number of nitrogens with zero attached hydrogens (tertiary/aromatic N) is 1. The molecule has 0 saturated heterocycles. The zero-order chi connectivity index (χ0) is 12.6. The second kappa shape index (κ2) is 3.91. The van der Waals surface area contributed by atoms with E-state index >= 15 is 0 Å². The van der Waals surface area contributed by atoms with Crippen molar-refractivity contribution < 1.29 is 9.84 Å². The maximum atomic E-state index is 9.98. The normalized spacial score (nSPS) is 11.8. The Hall–Kier alpha value is -1.77. The Balaban J connectivity index is 2.78. The smallest absolute Gasteiger partial charge is 0.138 e. The van der Waals surface area contributed by atoms with E-state index in [2.05, 4.69) is 25.8 Å². The molecule has 0 aliphatic heterocycles. The van der Waals surface area contributed by atoms with Gasteiger partial charge in [0.25, 0.3) is 0 Å². The molecular weight excluding hydrogens is 214 g/mol. The third-order valence-electron chi connectivity index (χ3n) is 2.81. The van der Waals surface area contributed by atoms with Crippen molar-refractivity contribution in [1.82, 2.24) is 4.98 Å². The first-order chi connectivity index (χ1) is 7.93. The van der Waals surface area contributed by atoms with Gasteiger partial charge < -0.3 is 9.84 Å². The number of fused-ring (bicyclic) bond motifs is 1. The number of methoxy groups -OCH3 is 1. The molecule has 1 aromatic heterocycles. The average molecular weight is 231 g/mol. The van der Waals surface area contributed by atoms with Gasteiger partial charge in [0.2, 0.25) is 0 Å². The van der Waals surface area contributed by atoms with E-state index in [0.29, 0.717) is 0 Å². The molecule has 1 aromatic carbocycles. The van der Waals surface area contributed by atoms with E-state index < -0.39 is 0 Å². The average Bonchev–Trinajstić information content (AvgIpc) is 2.26. The molecule has 3 heteroatoms. The topological polar surface area (TPSA) is 42.4 Å². The first-order valence-corrected chi connectivity index (χ1v) is 5.59. The molecule has 0 aliphatic carbocycles. The summed E-state index contributed by atoms with van der Waals surface area (Å²) < 4.78 is 5.18. The summed E-state index contributed by atoms with van der Waals surface area (Å²) in [7, 11) is 1.63. The van der Waals surface area contributed by atoms with E-state index in [0.717, 1.165) is 22.2 Å². The molecule has 0 spiro atoms. The standard InChI is InChI=1S/C14H17NO2/c1-14(2,3)13-10-6-5-9(17-4)7-11(10)15-8-12(13)16/h5-8,16H,1-4H3. The zero-order valence-corrected chi connectivity index (χ0v) is 10.6. The van der Waals surface area contributed by atoms with Crippen LogP contribution < -0.4 is 4.74 Å². The molecule has 0 radical (unpaired) electrons. The van der Waals surface area contributed by atoms with Crippen molar-refractivity contribution in [3.63, 3.8) is 0 Å². The lowest BCUT2D eigenvalue weighted by molar-refractivity contribution is 0.415. The summed E-state index contributed by atoms with van der Waals surface area (Å²) in [5, 5.41) is 10.9. The Morgan fingerprint density at radius 1 is 1.24 bits per heavy atom. The number of aromatic hydroxyl groups is 1. The summed E-state index contributed by atoms with van der Waals surface area (Å²) in [5.41, 5.74) is 1.64. The quantitative estimate of drug-likeness (QED) is 0.819. The van der Waals surface area contributed by atoms with Gasteiger partial charge in [-0.3, -0.25) is 4.98 Å². The molecule has 0 amide bonds. The lowest BCUT2D eigenvalue weighted by Crippen LogP contribution is -2.12. The molecule has 2 rings (SSSR count). The summed E-state index contributed by atoms with van der Waals surface area (Å²) in [6.07, 6.45) is 1.50. The molecule has 0 bridgehead atoms. The van der Waals surface area contributed by atoms with Crippen LogP contribution in [-0.4, -0.2) is 17.2 Å². The molecule has 0 fully saturated rings. The van der Waals surface area contributed by atoms with Gasteiger partial charge in [-0.25, -0.2) is 0 Å². The second-order valence-electron chi connectivity index (χ2n) is 5.15. The molecule has 2 aromatic rings. The number of hydrogen-bond acceptors (Lipinski definition) is 3. The molecule has 0 atom stereocenters. The Morgan fingerprint density at radius 2 is 1.94 bits per heavy atom. The molecule has 0 unspecified atom stereocenters. The van der Waals surface area contributed by atoms with Gasteiger partial charge in [0.05, 0.1) is 18.8 Å². The van der Waals surface area contributed by atoms with Gasteiger partial charge in [-0.1, -0.05) is 20.8 Å². The highest BCUT2D eigenvalue weighted by atomic mass is 16.5. The fraction of sp³-hybridized carbons (Fsp3) is 0.357. The maximum Gasteiger partial charge on any atom is 0.138 e. The van der Waals surface area contributed by atoms with Crippen LogP contribution in [0.2, 0.25) is 0 Å². The molecule has 1 N–H and O–H groups in total. The highest BCUT2D eigenvalue weighted by Gasteiger charge is 2.21. The van der Waals surface area contributed by atoms with Crippen LogP contribution in [-0.2, 0) is 5.41 Å². The number of hydrogen-bond donors (Lipinski definition) is 1. The Morgan fingerprint density at radius 3 is 2.53 bits per heavy atom. The van der Waals surface area contributed by atoms with Crippen LogP contribution in [0.3, 0.4) is 0 Å². The Bertz CT molecular complexity index is 556. The largest absolute Gasteiger partial charge is 0.506 e. The van der Waals surface area contributed by atoms with Crippen LogP contribution in [0.4, 0.5) is 0 Å². The lowest BCUT2D eigenvalue weighted by atomic mass is 9.84. The van der Waals surface area contributed by atoms with Gasteiger partial charge in [0.1, 0.15) is 11.5 Å². The summed E-state index contributed by atoms with van der Waals surface area (Å²) in [6.45, 7) is 6.23. The zero-order valence-electron chi connectivity index (χ0n) is 10.6. The number of rotatable bonds is 1. The van der Waals surface area contributed by atoms with E-state index in [9.17, 15) is 5.11 Å². The van der Waals surface area contributed by atoms with Gasteiger partial charge in [-0.2, -0.15) is 0 Å². The SMILES string of the molecule is COc1ccc2c(C(C)(C)C)c(O)cnc2c1. The van der Waals surface area contributed by atoms with Gasteiger partial charge in [0.15, 0.2) is 0 Å². The van der Waals surface area contributed by atoms with E-state index in [1.165, 1.54) is 6.20 Å². The van der Waals surface area contributed by atoms with Crippen LogP contribution in [0.5, 0.6) is 11.5 Å². The number of benzene rings is 1. The highest BCUT2D eigenvalue weighted by Crippen LogP contribution is 2.36. The van der Waals surface area contributed by atoms with Crippen molar-refractivity contribution in [3.05, 3.63) is 30.0 Å². The summed E-state index contributed by atoms with van der Waals surface area (Å²) in [4.78, 5) is 4.23. The lowest BCUT2D eigenvalue weighted by Gasteiger charge is -2.22. The van der Waals surface area contributed by atoms with E-state index in [1.54, 1.807) is 7.11 Å². The van der Waals surface area contributed by atoms with Crippen LogP contribution in [0.1, 0.15) is 26.3 Å². The van der Waals surface area contributed by atoms with Gasteiger partial charge in [0, 0.05) is 17.0 Å². The molecule has 0 saturated carbocycles. The van der Waals surface area contributed by atoms with Crippen molar-refractivity contribution in [3.8, 4) is 11.5 Å². The molecule has 90 valence electrons. The minimum Gasteiger partial charge on any atom is -0.506 e. The number of aromatic nitrogens is 1. The van der Waals surface area contributed by atoms with Crippen molar-refractivity contribution in [2.75, 3.05) is 7.11 Å². The first-order valence-electron chi connectivity index (χ1n) is 5.59. The van der Waals surface area contributed by atoms with Crippen LogP contribution >= 0.6 is 0 Å². The maximum absolute atomic E-state index is 9.98. The number of ether oxygens (including phenoxy) is 1. The first kappa shape index (κ1) is 11.7. The van der Waals surface area contributed by atoms with E-state index in [-0.39, 0.29) is 11.2 Å². The summed E-state index contributed by atoms with van der Waals surface area (Å²) >= 11 is 0. The third-order valence-corrected chi connectivity index (χ3v) is 2.81. The predicted molar refractivity (Wildman–Crippen MR) is 68.7 cm³/mol. The molecule has 0 aliphatic rings. The van der Waals surface area contributed by atoms with Crippen LogP contribution in [0.15, 0.2) is 24.4 Å². The second-order valence-corrected chi connectivity index (χ2v) is 5.15.